The summed E-state index contributed by atoms with van der Waals surface area (Å²) in [5, 5.41) is 4.54. The summed E-state index contributed by atoms with van der Waals surface area (Å²) in [5.41, 5.74) is 5.28. The number of aromatic nitrogens is 2. The molecule has 0 fully saturated rings. The second-order valence-corrected chi connectivity index (χ2v) is 5.69. The average molecular weight is 321 g/mol. The van der Waals surface area contributed by atoms with Crippen LogP contribution in [0.4, 0.5) is 0 Å². The summed E-state index contributed by atoms with van der Waals surface area (Å²) in [6, 6.07) is 6.25. The lowest BCUT2D eigenvalue weighted by molar-refractivity contribution is -0.116. The molecule has 0 bridgehead atoms. The molecular formula is C15H17BrN2O. The molecule has 1 heterocycles. The highest BCUT2D eigenvalue weighted by atomic mass is 79.9. The van der Waals surface area contributed by atoms with Crippen LogP contribution >= 0.6 is 15.9 Å². The van der Waals surface area contributed by atoms with Crippen LogP contribution in [0.25, 0.3) is 5.69 Å². The van der Waals surface area contributed by atoms with Gasteiger partial charge in [-0.05, 0) is 55.3 Å². The van der Waals surface area contributed by atoms with Crippen molar-refractivity contribution in [3.63, 3.8) is 0 Å². The van der Waals surface area contributed by atoms with Gasteiger partial charge in [-0.25, -0.2) is 4.68 Å². The Morgan fingerprint density at radius 3 is 2.58 bits per heavy atom. The fraction of sp³-hybridized carbons (Fsp3) is 0.333. The molecular weight excluding hydrogens is 304 g/mol. The van der Waals surface area contributed by atoms with E-state index in [-0.39, 0.29) is 5.78 Å². The van der Waals surface area contributed by atoms with Crippen molar-refractivity contribution in [2.24, 2.45) is 0 Å². The largest absolute Gasteiger partial charge is 0.300 e. The number of aryl methyl sites for hydroxylation is 3. The van der Waals surface area contributed by atoms with E-state index in [1.165, 1.54) is 5.56 Å². The fourth-order valence-corrected chi connectivity index (χ4v) is 2.88. The van der Waals surface area contributed by atoms with Gasteiger partial charge in [0.25, 0.3) is 0 Å². The predicted molar refractivity (Wildman–Crippen MR) is 79.9 cm³/mol. The van der Waals surface area contributed by atoms with E-state index < -0.39 is 0 Å². The third kappa shape index (κ3) is 2.78. The van der Waals surface area contributed by atoms with Gasteiger partial charge in [0.05, 0.1) is 11.4 Å². The van der Waals surface area contributed by atoms with Gasteiger partial charge in [0, 0.05) is 12.0 Å². The molecule has 4 heteroatoms. The van der Waals surface area contributed by atoms with Gasteiger partial charge in [0.2, 0.25) is 0 Å². The maximum absolute atomic E-state index is 11.3. The van der Waals surface area contributed by atoms with Crippen LogP contribution in [0.3, 0.4) is 0 Å². The topological polar surface area (TPSA) is 34.9 Å². The molecule has 0 unspecified atom stereocenters. The van der Waals surface area contributed by atoms with Crippen LogP contribution in [0.15, 0.2) is 22.8 Å². The number of halogens is 1. The number of rotatable bonds is 3. The number of hydrogen-bond acceptors (Lipinski definition) is 2. The van der Waals surface area contributed by atoms with Crippen molar-refractivity contribution in [1.29, 1.82) is 0 Å². The number of benzene rings is 1. The van der Waals surface area contributed by atoms with Gasteiger partial charge in [-0.1, -0.05) is 17.7 Å². The number of carbonyl (C=O) groups is 1. The van der Waals surface area contributed by atoms with Crippen molar-refractivity contribution in [2.45, 2.75) is 34.1 Å². The zero-order chi connectivity index (χ0) is 14.2. The van der Waals surface area contributed by atoms with Gasteiger partial charge in [0.1, 0.15) is 10.4 Å². The van der Waals surface area contributed by atoms with E-state index in [0.29, 0.717) is 6.42 Å². The van der Waals surface area contributed by atoms with Gasteiger partial charge in [-0.2, -0.15) is 5.10 Å². The molecule has 2 aromatic rings. The summed E-state index contributed by atoms with van der Waals surface area (Å²) in [5.74, 6) is 0.143. The summed E-state index contributed by atoms with van der Waals surface area (Å²) >= 11 is 3.57. The van der Waals surface area contributed by atoms with Gasteiger partial charge in [-0.3, -0.25) is 4.79 Å². The van der Waals surface area contributed by atoms with Crippen LogP contribution in [0.5, 0.6) is 0 Å². The van der Waals surface area contributed by atoms with E-state index in [9.17, 15) is 4.79 Å². The van der Waals surface area contributed by atoms with Crippen LogP contribution in [-0.4, -0.2) is 15.6 Å². The Balaban J connectivity index is 2.54. The molecule has 1 aromatic carbocycles. The average Bonchev–Trinajstić information content (AvgIpc) is 2.57. The quantitative estimate of drug-likeness (QED) is 0.864. The predicted octanol–water partition coefficient (Wildman–Crippen LogP) is 3.69. The molecule has 3 nitrogen and oxygen atoms in total. The Morgan fingerprint density at radius 1 is 1.32 bits per heavy atom. The molecule has 100 valence electrons. The minimum absolute atomic E-state index is 0.143. The molecule has 0 amide bonds. The second kappa shape index (κ2) is 5.29. The number of nitrogens with zero attached hydrogens (tertiary/aromatic N) is 2. The lowest BCUT2D eigenvalue weighted by Gasteiger charge is -2.08. The Bertz CT molecular complexity index is 644. The van der Waals surface area contributed by atoms with Gasteiger partial charge in [-0.15, -0.1) is 0 Å². The third-order valence-electron chi connectivity index (χ3n) is 3.13. The van der Waals surface area contributed by atoms with E-state index in [1.54, 1.807) is 6.92 Å². The SMILES string of the molecule is CC(=O)Cc1c(C)nn(-c2ccc(C)cc2C)c1Br. The standard InChI is InChI=1S/C15H17BrN2O/c1-9-5-6-14(10(2)7-9)18-15(16)13(8-11(3)19)12(4)17-18/h5-7H,8H2,1-4H3. The highest BCUT2D eigenvalue weighted by molar-refractivity contribution is 9.10. The van der Waals surface area contributed by atoms with Gasteiger partial charge >= 0.3 is 0 Å². The highest BCUT2D eigenvalue weighted by Gasteiger charge is 2.16. The van der Waals surface area contributed by atoms with E-state index in [4.69, 9.17) is 0 Å². The van der Waals surface area contributed by atoms with E-state index >= 15 is 0 Å². The molecule has 0 aliphatic rings. The fourth-order valence-electron chi connectivity index (χ4n) is 2.18. The molecule has 0 spiro atoms. The molecule has 0 aliphatic carbocycles. The minimum Gasteiger partial charge on any atom is -0.300 e. The van der Waals surface area contributed by atoms with Crippen LogP contribution in [0.1, 0.15) is 29.3 Å². The third-order valence-corrected chi connectivity index (χ3v) is 3.94. The number of ketones is 1. The Kier molecular flexibility index (Phi) is 3.90. The first kappa shape index (κ1) is 14.0. The molecule has 0 saturated carbocycles. The summed E-state index contributed by atoms with van der Waals surface area (Å²) in [6.07, 6.45) is 0.414. The second-order valence-electron chi connectivity index (χ2n) is 4.94. The highest BCUT2D eigenvalue weighted by Crippen LogP contribution is 2.26. The van der Waals surface area contributed by atoms with Crippen molar-refractivity contribution in [1.82, 2.24) is 9.78 Å². The van der Waals surface area contributed by atoms with E-state index in [2.05, 4.69) is 53.1 Å². The zero-order valence-corrected chi connectivity index (χ0v) is 13.2. The summed E-state index contributed by atoms with van der Waals surface area (Å²) < 4.78 is 2.73. The van der Waals surface area contributed by atoms with Crippen molar-refractivity contribution < 1.29 is 4.79 Å². The summed E-state index contributed by atoms with van der Waals surface area (Å²) in [6.45, 7) is 7.67. The molecule has 0 atom stereocenters. The number of carbonyl (C=O) groups excluding carboxylic acids is 1. The molecule has 1 aromatic heterocycles. The lowest BCUT2D eigenvalue weighted by atomic mass is 10.1. The monoisotopic (exact) mass is 320 g/mol. The summed E-state index contributed by atoms with van der Waals surface area (Å²) in [4.78, 5) is 11.3. The van der Waals surface area contributed by atoms with Crippen LogP contribution in [0, 0.1) is 20.8 Å². The van der Waals surface area contributed by atoms with Crippen LogP contribution < -0.4 is 0 Å². The van der Waals surface area contributed by atoms with Crippen molar-refractivity contribution in [2.75, 3.05) is 0 Å². The Hall–Kier alpha value is -1.42. The van der Waals surface area contributed by atoms with E-state index in [0.717, 1.165) is 27.1 Å². The van der Waals surface area contributed by atoms with Crippen molar-refractivity contribution in [3.05, 3.63) is 45.2 Å². The Morgan fingerprint density at radius 2 is 2.00 bits per heavy atom. The zero-order valence-electron chi connectivity index (χ0n) is 11.6. The lowest BCUT2D eigenvalue weighted by Crippen LogP contribution is -2.01. The van der Waals surface area contributed by atoms with Crippen LogP contribution in [0.2, 0.25) is 0 Å². The van der Waals surface area contributed by atoms with Crippen molar-refractivity contribution in [3.8, 4) is 5.69 Å². The molecule has 19 heavy (non-hydrogen) atoms. The van der Waals surface area contributed by atoms with Crippen molar-refractivity contribution >= 4 is 21.7 Å². The molecule has 0 saturated heterocycles. The van der Waals surface area contributed by atoms with Gasteiger partial charge in [0.15, 0.2) is 0 Å². The normalized spacial score (nSPS) is 10.8. The first-order valence-electron chi connectivity index (χ1n) is 6.21. The maximum Gasteiger partial charge on any atom is 0.134 e. The first-order valence-corrected chi connectivity index (χ1v) is 7.00. The number of hydrogen-bond donors (Lipinski definition) is 0. The maximum atomic E-state index is 11.3. The molecule has 2 rings (SSSR count). The smallest absolute Gasteiger partial charge is 0.134 e. The summed E-state index contributed by atoms with van der Waals surface area (Å²) in [7, 11) is 0. The van der Waals surface area contributed by atoms with E-state index in [1.807, 2.05) is 11.6 Å². The molecule has 0 radical (unpaired) electrons. The van der Waals surface area contributed by atoms with Crippen LogP contribution in [-0.2, 0) is 11.2 Å². The minimum atomic E-state index is 0.143. The first-order chi connectivity index (χ1) is 8.90. The molecule has 0 N–H and O–H groups in total. The molecule has 0 aliphatic heterocycles. The van der Waals surface area contributed by atoms with Gasteiger partial charge < -0.3 is 0 Å². The Labute approximate surface area is 121 Å². The number of Topliss-reactive ketones (excluding diaryl/α,β-unsaturated/α-hetero) is 1.